The molecule has 29 heavy (non-hydrogen) atoms. The Balaban J connectivity index is 1.45. The number of piperidine rings is 1. The Bertz CT molecular complexity index is 844. The lowest BCUT2D eigenvalue weighted by Gasteiger charge is -2.24. The summed E-state index contributed by atoms with van der Waals surface area (Å²) in [5, 5.41) is 11.7. The number of halogens is 2. The Hall–Kier alpha value is -2.91. The molecule has 3 aliphatic rings. The van der Waals surface area contributed by atoms with Crippen LogP contribution in [0.1, 0.15) is 13.3 Å². The first-order valence-electron chi connectivity index (χ1n) is 9.51. The molecule has 4 atom stereocenters. The second-order valence-corrected chi connectivity index (χ2v) is 7.63. The van der Waals surface area contributed by atoms with E-state index < -0.39 is 35.7 Å². The number of fused-ring (bicyclic) bond motifs is 1. The van der Waals surface area contributed by atoms with E-state index in [1.807, 2.05) is 0 Å². The number of rotatable bonds is 6. The van der Waals surface area contributed by atoms with Gasteiger partial charge in [0.1, 0.15) is 11.8 Å². The third-order valence-corrected chi connectivity index (χ3v) is 5.83. The number of nitrogens with one attached hydrogen (secondary N) is 1. The first-order chi connectivity index (χ1) is 13.8. The van der Waals surface area contributed by atoms with Gasteiger partial charge in [0, 0.05) is 31.6 Å². The van der Waals surface area contributed by atoms with Crippen molar-refractivity contribution < 1.29 is 33.0 Å². The van der Waals surface area contributed by atoms with Crippen molar-refractivity contribution in [3.63, 3.8) is 0 Å². The summed E-state index contributed by atoms with van der Waals surface area (Å²) in [5.74, 6) is -3.28. The molecule has 2 aliphatic heterocycles. The number of hydrogen-bond donors (Lipinski definition) is 2. The number of ether oxygens (including phenoxy) is 1. The van der Waals surface area contributed by atoms with Gasteiger partial charge in [0.25, 0.3) is 0 Å². The lowest BCUT2D eigenvalue weighted by atomic mass is 10.2. The first kappa shape index (κ1) is 19.4. The molecule has 0 spiro atoms. The third kappa shape index (κ3) is 3.47. The molecule has 1 aromatic carbocycles. The lowest BCUT2D eigenvalue weighted by molar-refractivity contribution is -0.139. The van der Waals surface area contributed by atoms with E-state index in [-0.39, 0.29) is 42.2 Å². The molecular formula is C19H21F2N3O5. The van der Waals surface area contributed by atoms with Crippen LogP contribution in [0.3, 0.4) is 0 Å². The minimum Gasteiger partial charge on any atom is -0.481 e. The highest BCUT2D eigenvalue weighted by atomic mass is 19.1. The first-order valence-corrected chi connectivity index (χ1v) is 9.51. The van der Waals surface area contributed by atoms with Gasteiger partial charge in [0.15, 0.2) is 11.6 Å². The number of carboxylic acid groups (broad SMARTS) is 1. The summed E-state index contributed by atoms with van der Waals surface area (Å²) in [4.78, 5) is 37.1. The number of nitrogens with zero attached hydrogens (tertiary/aromatic N) is 2. The molecule has 4 rings (SSSR count). The van der Waals surface area contributed by atoms with Gasteiger partial charge in [-0.25, -0.2) is 13.6 Å². The van der Waals surface area contributed by atoms with Crippen molar-refractivity contribution in [2.75, 3.05) is 36.0 Å². The molecular weight excluding hydrogens is 388 g/mol. The molecule has 2 saturated heterocycles. The zero-order valence-electron chi connectivity index (χ0n) is 15.7. The number of benzene rings is 1. The molecule has 1 aromatic rings. The van der Waals surface area contributed by atoms with Crippen LogP contribution in [0.25, 0.3) is 0 Å². The molecule has 0 bridgehead atoms. The van der Waals surface area contributed by atoms with Gasteiger partial charge in [0.2, 0.25) is 5.91 Å². The zero-order valence-corrected chi connectivity index (χ0v) is 15.7. The molecule has 156 valence electrons. The Kier molecular flexibility index (Phi) is 4.79. The summed E-state index contributed by atoms with van der Waals surface area (Å²) >= 11 is 0. The molecule has 3 fully saturated rings. The SMILES string of the molecule is CCC(=O)NC[C@H]1CN(c2cc(F)c(N3C[C@@H]4C(C(=O)O)[C@@H]4C3)c(F)c2)C(=O)O1. The van der Waals surface area contributed by atoms with Crippen LogP contribution in [0.15, 0.2) is 12.1 Å². The second kappa shape index (κ2) is 7.16. The maximum Gasteiger partial charge on any atom is 0.414 e. The fourth-order valence-corrected chi connectivity index (χ4v) is 4.28. The minimum atomic E-state index is -0.867. The Morgan fingerprint density at radius 1 is 1.21 bits per heavy atom. The van der Waals surface area contributed by atoms with Crippen LogP contribution in [0, 0.1) is 29.4 Å². The van der Waals surface area contributed by atoms with E-state index in [4.69, 9.17) is 9.84 Å². The highest BCUT2D eigenvalue weighted by Gasteiger charge is 2.60. The summed E-state index contributed by atoms with van der Waals surface area (Å²) in [6.45, 7) is 2.47. The summed E-state index contributed by atoms with van der Waals surface area (Å²) in [6, 6.07) is 2.15. The van der Waals surface area contributed by atoms with E-state index in [2.05, 4.69) is 5.32 Å². The minimum absolute atomic E-state index is 0.0332. The Morgan fingerprint density at radius 3 is 2.38 bits per heavy atom. The molecule has 0 aromatic heterocycles. The number of aliphatic carboxylic acids is 1. The molecule has 1 saturated carbocycles. The number of carboxylic acids is 1. The normalized spacial score (nSPS) is 27.6. The van der Waals surface area contributed by atoms with Gasteiger partial charge in [-0.2, -0.15) is 0 Å². The van der Waals surface area contributed by atoms with Gasteiger partial charge < -0.3 is 20.1 Å². The standard InChI is InChI=1S/C19H21F2N3O5/c1-2-15(25)22-5-10-6-24(19(28)29-10)9-3-13(20)17(14(21)4-9)23-7-11-12(8-23)16(11)18(26)27/h3-4,10-12,16H,2,5-8H2,1H3,(H,22,25)(H,26,27)/t10-,11-,12+,16?/m0/s1. The molecule has 2 heterocycles. The summed E-state index contributed by atoms with van der Waals surface area (Å²) in [7, 11) is 0. The topological polar surface area (TPSA) is 99.2 Å². The predicted molar refractivity (Wildman–Crippen MR) is 97.6 cm³/mol. The average Bonchev–Trinajstić information content (AvgIpc) is 2.97. The van der Waals surface area contributed by atoms with Crippen molar-refractivity contribution in [3.8, 4) is 0 Å². The Morgan fingerprint density at radius 2 is 1.83 bits per heavy atom. The van der Waals surface area contributed by atoms with E-state index in [1.54, 1.807) is 6.92 Å². The van der Waals surface area contributed by atoms with Crippen molar-refractivity contribution in [1.82, 2.24) is 5.32 Å². The summed E-state index contributed by atoms with van der Waals surface area (Å²) in [5.41, 5.74) is -0.171. The van der Waals surface area contributed by atoms with E-state index in [0.29, 0.717) is 19.5 Å². The molecule has 10 heteroatoms. The van der Waals surface area contributed by atoms with Gasteiger partial charge in [-0.15, -0.1) is 0 Å². The van der Waals surface area contributed by atoms with Crippen molar-refractivity contribution in [2.24, 2.45) is 17.8 Å². The monoisotopic (exact) mass is 409 g/mol. The number of amides is 2. The number of anilines is 2. The fraction of sp³-hybridized carbons (Fsp3) is 0.526. The quantitative estimate of drug-likeness (QED) is 0.740. The average molecular weight is 409 g/mol. The number of carbonyl (C=O) groups is 3. The highest BCUT2D eigenvalue weighted by Crippen LogP contribution is 2.53. The maximum absolute atomic E-state index is 14.7. The van der Waals surface area contributed by atoms with Crippen LogP contribution in [0.5, 0.6) is 0 Å². The van der Waals surface area contributed by atoms with E-state index >= 15 is 0 Å². The molecule has 8 nitrogen and oxygen atoms in total. The van der Waals surface area contributed by atoms with Crippen molar-refractivity contribution in [3.05, 3.63) is 23.8 Å². The van der Waals surface area contributed by atoms with Gasteiger partial charge in [-0.3, -0.25) is 14.5 Å². The van der Waals surface area contributed by atoms with Crippen molar-refractivity contribution in [1.29, 1.82) is 0 Å². The fourth-order valence-electron chi connectivity index (χ4n) is 4.28. The van der Waals surface area contributed by atoms with Gasteiger partial charge in [0.05, 0.1) is 24.7 Å². The second-order valence-electron chi connectivity index (χ2n) is 7.63. The van der Waals surface area contributed by atoms with Crippen LogP contribution in [0.4, 0.5) is 25.0 Å². The van der Waals surface area contributed by atoms with Crippen molar-refractivity contribution in [2.45, 2.75) is 19.4 Å². The van der Waals surface area contributed by atoms with Crippen LogP contribution in [-0.2, 0) is 14.3 Å². The Labute approximate surface area is 165 Å². The van der Waals surface area contributed by atoms with Crippen LogP contribution in [-0.4, -0.2) is 55.4 Å². The summed E-state index contributed by atoms with van der Waals surface area (Å²) in [6.07, 6.45) is -1.05. The van der Waals surface area contributed by atoms with Gasteiger partial charge >= 0.3 is 12.1 Å². The molecule has 2 N–H and O–H groups in total. The largest absolute Gasteiger partial charge is 0.481 e. The third-order valence-electron chi connectivity index (χ3n) is 5.83. The number of cyclic esters (lactones) is 1. The lowest BCUT2D eigenvalue weighted by Crippen LogP contribution is -2.34. The van der Waals surface area contributed by atoms with Gasteiger partial charge in [-0.1, -0.05) is 6.92 Å². The maximum atomic E-state index is 14.7. The number of carbonyl (C=O) groups excluding carboxylic acids is 2. The predicted octanol–water partition coefficient (Wildman–Crippen LogP) is 1.58. The molecule has 0 radical (unpaired) electrons. The zero-order chi connectivity index (χ0) is 20.9. The van der Waals surface area contributed by atoms with E-state index in [1.165, 1.54) is 4.90 Å². The molecule has 1 unspecified atom stereocenters. The summed E-state index contributed by atoms with van der Waals surface area (Å²) < 4.78 is 34.6. The number of hydrogen-bond acceptors (Lipinski definition) is 5. The van der Waals surface area contributed by atoms with Gasteiger partial charge in [-0.05, 0) is 11.8 Å². The van der Waals surface area contributed by atoms with Crippen LogP contribution < -0.4 is 15.1 Å². The molecule has 1 aliphatic carbocycles. The van der Waals surface area contributed by atoms with E-state index in [0.717, 1.165) is 17.0 Å². The smallest absolute Gasteiger partial charge is 0.414 e. The van der Waals surface area contributed by atoms with Crippen molar-refractivity contribution >= 4 is 29.3 Å². The van der Waals surface area contributed by atoms with Crippen LogP contribution in [0.2, 0.25) is 0 Å². The molecule has 2 amide bonds. The van der Waals surface area contributed by atoms with Crippen LogP contribution >= 0.6 is 0 Å². The highest BCUT2D eigenvalue weighted by molar-refractivity contribution is 5.90. The van der Waals surface area contributed by atoms with E-state index in [9.17, 15) is 23.2 Å².